The van der Waals surface area contributed by atoms with Gasteiger partial charge in [0.25, 0.3) is 0 Å². The van der Waals surface area contributed by atoms with Crippen LogP contribution >= 0.6 is 0 Å². The molecule has 0 fully saturated rings. The van der Waals surface area contributed by atoms with E-state index in [-0.39, 0.29) is 0 Å². The summed E-state index contributed by atoms with van der Waals surface area (Å²) in [7, 11) is 1.86. The van der Waals surface area contributed by atoms with Crippen LogP contribution in [0.5, 0.6) is 0 Å². The molecule has 0 aliphatic heterocycles. The van der Waals surface area contributed by atoms with E-state index in [0.29, 0.717) is 5.56 Å². The van der Waals surface area contributed by atoms with Gasteiger partial charge in [0, 0.05) is 24.2 Å². The molecule has 2 rings (SSSR count). The van der Waals surface area contributed by atoms with Crippen molar-refractivity contribution in [1.29, 1.82) is 0 Å². The zero-order chi connectivity index (χ0) is 13.1. The Morgan fingerprint density at radius 1 is 1.28 bits per heavy atom. The first kappa shape index (κ1) is 12.7. The minimum Gasteiger partial charge on any atom is -0.319 e. The minimum absolute atomic E-state index is 0.645. The molecule has 0 amide bonds. The fraction of sp³-hybridized carbons (Fsp3) is 0.308. The Morgan fingerprint density at radius 2 is 2.06 bits per heavy atom. The van der Waals surface area contributed by atoms with Crippen LogP contribution in [0.1, 0.15) is 11.4 Å². The van der Waals surface area contributed by atoms with E-state index in [4.69, 9.17) is 0 Å². The Balaban J connectivity index is 2.42. The molecule has 0 aliphatic rings. The SMILES string of the molecule is CNCCc1n[nH]c(C)c1-c1ccc(F)c(F)c1. The number of aromatic nitrogens is 2. The maximum Gasteiger partial charge on any atom is 0.159 e. The first-order valence-corrected chi connectivity index (χ1v) is 5.77. The summed E-state index contributed by atoms with van der Waals surface area (Å²) >= 11 is 0. The number of nitrogens with one attached hydrogen (secondary N) is 2. The lowest BCUT2D eigenvalue weighted by Gasteiger charge is -2.05. The van der Waals surface area contributed by atoms with Crippen molar-refractivity contribution in [2.24, 2.45) is 0 Å². The van der Waals surface area contributed by atoms with Gasteiger partial charge in [-0.2, -0.15) is 5.10 Å². The number of halogens is 2. The molecular weight excluding hydrogens is 236 g/mol. The van der Waals surface area contributed by atoms with Gasteiger partial charge in [0.1, 0.15) is 0 Å². The van der Waals surface area contributed by atoms with Crippen LogP contribution in [0.15, 0.2) is 18.2 Å². The van der Waals surface area contributed by atoms with Crippen molar-refractivity contribution in [1.82, 2.24) is 15.5 Å². The minimum atomic E-state index is -0.840. The first-order valence-electron chi connectivity index (χ1n) is 5.77. The fourth-order valence-corrected chi connectivity index (χ4v) is 1.94. The van der Waals surface area contributed by atoms with Crippen LogP contribution in [-0.2, 0) is 6.42 Å². The number of nitrogens with zero attached hydrogens (tertiary/aromatic N) is 1. The summed E-state index contributed by atoms with van der Waals surface area (Å²) in [5.74, 6) is -1.68. The van der Waals surface area contributed by atoms with Crippen LogP contribution in [0.2, 0.25) is 0 Å². The third kappa shape index (κ3) is 2.41. The van der Waals surface area contributed by atoms with Gasteiger partial charge < -0.3 is 5.32 Å². The van der Waals surface area contributed by atoms with E-state index in [1.807, 2.05) is 14.0 Å². The number of hydrogen-bond acceptors (Lipinski definition) is 2. The van der Waals surface area contributed by atoms with Crippen molar-refractivity contribution >= 4 is 0 Å². The summed E-state index contributed by atoms with van der Waals surface area (Å²) in [6.45, 7) is 2.65. The largest absolute Gasteiger partial charge is 0.319 e. The highest BCUT2D eigenvalue weighted by Gasteiger charge is 2.13. The highest BCUT2D eigenvalue weighted by molar-refractivity contribution is 5.68. The molecular formula is C13H15F2N3. The number of aromatic amines is 1. The van der Waals surface area contributed by atoms with Gasteiger partial charge in [-0.15, -0.1) is 0 Å². The molecule has 1 heterocycles. The highest BCUT2D eigenvalue weighted by Crippen LogP contribution is 2.27. The first-order chi connectivity index (χ1) is 8.63. The number of rotatable bonds is 4. The number of hydrogen-bond donors (Lipinski definition) is 2. The van der Waals surface area contributed by atoms with E-state index in [9.17, 15) is 8.78 Å². The molecule has 3 nitrogen and oxygen atoms in total. The van der Waals surface area contributed by atoms with Crippen molar-refractivity contribution in [3.63, 3.8) is 0 Å². The molecule has 2 N–H and O–H groups in total. The second kappa shape index (κ2) is 5.27. The predicted octanol–water partition coefficient (Wildman–Crippen LogP) is 2.43. The summed E-state index contributed by atoms with van der Waals surface area (Å²) in [6, 6.07) is 3.91. The maximum absolute atomic E-state index is 13.3. The highest BCUT2D eigenvalue weighted by atomic mass is 19.2. The van der Waals surface area contributed by atoms with Crippen LogP contribution in [0.3, 0.4) is 0 Å². The zero-order valence-electron chi connectivity index (χ0n) is 10.3. The molecule has 0 aliphatic carbocycles. The van der Waals surface area contributed by atoms with Gasteiger partial charge in [-0.3, -0.25) is 5.10 Å². The van der Waals surface area contributed by atoms with Gasteiger partial charge in [-0.1, -0.05) is 6.07 Å². The number of aryl methyl sites for hydroxylation is 1. The molecule has 96 valence electrons. The van der Waals surface area contributed by atoms with E-state index in [1.165, 1.54) is 6.07 Å². The number of likely N-dealkylation sites (N-methyl/N-ethyl adjacent to an activating group) is 1. The average molecular weight is 251 g/mol. The number of benzene rings is 1. The van der Waals surface area contributed by atoms with E-state index in [1.54, 1.807) is 6.07 Å². The quantitative estimate of drug-likeness (QED) is 0.876. The fourth-order valence-electron chi connectivity index (χ4n) is 1.94. The van der Waals surface area contributed by atoms with Gasteiger partial charge in [0.05, 0.1) is 5.69 Å². The van der Waals surface area contributed by atoms with Crippen LogP contribution in [-0.4, -0.2) is 23.8 Å². The normalized spacial score (nSPS) is 10.9. The maximum atomic E-state index is 13.3. The molecule has 0 saturated carbocycles. The molecule has 18 heavy (non-hydrogen) atoms. The van der Waals surface area contributed by atoms with Crippen LogP contribution in [0.4, 0.5) is 8.78 Å². The van der Waals surface area contributed by atoms with E-state index >= 15 is 0 Å². The predicted molar refractivity (Wildman–Crippen MR) is 66.3 cm³/mol. The molecule has 0 spiro atoms. The smallest absolute Gasteiger partial charge is 0.159 e. The third-order valence-electron chi connectivity index (χ3n) is 2.84. The van der Waals surface area contributed by atoms with E-state index < -0.39 is 11.6 Å². The Morgan fingerprint density at radius 3 is 2.72 bits per heavy atom. The van der Waals surface area contributed by atoms with Crippen molar-refractivity contribution < 1.29 is 8.78 Å². The second-order valence-corrected chi connectivity index (χ2v) is 4.15. The van der Waals surface area contributed by atoms with Crippen LogP contribution < -0.4 is 5.32 Å². The van der Waals surface area contributed by atoms with Crippen LogP contribution in [0.25, 0.3) is 11.1 Å². The van der Waals surface area contributed by atoms with Crippen LogP contribution in [0, 0.1) is 18.6 Å². The Hall–Kier alpha value is -1.75. The molecule has 0 radical (unpaired) electrons. The number of H-pyrrole nitrogens is 1. The Labute approximate surface area is 104 Å². The molecule has 0 saturated heterocycles. The molecule has 0 bridgehead atoms. The zero-order valence-corrected chi connectivity index (χ0v) is 10.3. The Bertz CT molecular complexity index is 549. The molecule has 0 atom stereocenters. The molecule has 2 aromatic rings. The summed E-state index contributed by atoms with van der Waals surface area (Å²) in [5, 5.41) is 10.1. The summed E-state index contributed by atoms with van der Waals surface area (Å²) in [6.07, 6.45) is 0.731. The van der Waals surface area contributed by atoms with Gasteiger partial charge in [-0.05, 0) is 31.7 Å². The second-order valence-electron chi connectivity index (χ2n) is 4.15. The topological polar surface area (TPSA) is 40.7 Å². The lowest BCUT2D eigenvalue weighted by Crippen LogP contribution is -2.11. The molecule has 1 aromatic carbocycles. The van der Waals surface area contributed by atoms with Gasteiger partial charge in [0.2, 0.25) is 0 Å². The lowest BCUT2D eigenvalue weighted by atomic mass is 10.0. The average Bonchev–Trinajstić information content (AvgIpc) is 2.71. The molecule has 5 heteroatoms. The molecule has 0 unspecified atom stereocenters. The van der Waals surface area contributed by atoms with Crippen molar-refractivity contribution in [2.75, 3.05) is 13.6 Å². The monoisotopic (exact) mass is 251 g/mol. The van der Waals surface area contributed by atoms with Crippen molar-refractivity contribution in [3.8, 4) is 11.1 Å². The van der Waals surface area contributed by atoms with Gasteiger partial charge in [0.15, 0.2) is 11.6 Å². The van der Waals surface area contributed by atoms with E-state index in [2.05, 4.69) is 15.5 Å². The summed E-state index contributed by atoms with van der Waals surface area (Å²) in [4.78, 5) is 0. The van der Waals surface area contributed by atoms with Gasteiger partial charge >= 0.3 is 0 Å². The van der Waals surface area contributed by atoms with Crippen molar-refractivity contribution in [2.45, 2.75) is 13.3 Å². The van der Waals surface area contributed by atoms with E-state index in [0.717, 1.165) is 36.0 Å². The summed E-state index contributed by atoms with van der Waals surface area (Å²) in [5.41, 5.74) is 3.20. The lowest BCUT2D eigenvalue weighted by molar-refractivity contribution is 0.509. The standard InChI is InChI=1S/C13H15F2N3/c1-8-13(12(18-17-8)5-6-16-2)9-3-4-10(14)11(15)7-9/h3-4,7,16H,5-6H2,1-2H3,(H,17,18). The molecule has 1 aromatic heterocycles. The third-order valence-corrected chi connectivity index (χ3v) is 2.84. The summed E-state index contributed by atoms with van der Waals surface area (Å²) < 4.78 is 26.2. The van der Waals surface area contributed by atoms with Gasteiger partial charge in [-0.25, -0.2) is 8.78 Å². The Kier molecular flexibility index (Phi) is 3.72. The van der Waals surface area contributed by atoms with Crippen molar-refractivity contribution in [3.05, 3.63) is 41.2 Å².